The van der Waals surface area contributed by atoms with E-state index in [2.05, 4.69) is 15.9 Å². The van der Waals surface area contributed by atoms with Crippen molar-refractivity contribution in [2.24, 2.45) is 5.92 Å². The van der Waals surface area contributed by atoms with E-state index in [1.165, 1.54) is 0 Å². The molecule has 98 valence electrons. The smallest absolute Gasteiger partial charge is 0.169 e. The molecule has 2 heterocycles. The molecule has 3 aliphatic rings. The van der Waals surface area contributed by atoms with Gasteiger partial charge < -0.3 is 9.47 Å². The first kappa shape index (κ1) is 12.4. The van der Waals surface area contributed by atoms with Crippen LogP contribution in [0.4, 0.5) is 0 Å². The summed E-state index contributed by atoms with van der Waals surface area (Å²) in [6, 6.07) is 0. The number of alkyl halides is 1. The van der Waals surface area contributed by atoms with Gasteiger partial charge in [-0.2, -0.15) is 0 Å². The Balaban J connectivity index is 1.95. The van der Waals surface area contributed by atoms with Crippen LogP contribution in [0.3, 0.4) is 0 Å². The Kier molecular flexibility index (Phi) is 3.10. The van der Waals surface area contributed by atoms with Crippen molar-refractivity contribution >= 4 is 21.7 Å². The third kappa shape index (κ3) is 1.86. The summed E-state index contributed by atoms with van der Waals surface area (Å²) >= 11 is 3.53. The lowest BCUT2D eigenvalue weighted by Gasteiger charge is -2.45. The van der Waals surface area contributed by atoms with E-state index in [-0.39, 0.29) is 16.5 Å². The lowest BCUT2D eigenvalue weighted by atomic mass is 9.75. The van der Waals surface area contributed by atoms with Gasteiger partial charge in [-0.25, -0.2) is 0 Å². The average molecular weight is 313 g/mol. The maximum absolute atomic E-state index is 12.5. The van der Waals surface area contributed by atoms with Crippen LogP contribution in [0, 0.1) is 5.92 Å². The molecule has 0 bridgehead atoms. The second kappa shape index (κ2) is 4.49. The van der Waals surface area contributed by atoms with Gasteiger partial charge in [0, 0.05) is 17.0 Å². The number of rotatable bonds is 0. The summed E-state index contributed by atoms with van der Waals surface area (Å²) in [6.45, 7) is 3.28. The molecule has 1 fully saturated rings. The minimum atomic E-state index is -0.433. The lowest BCUT2D eigenvalue weighted by molar-refractivity contribution is -0.156. The van der Waals surface area contributed by atoms with Crippen LogP contribution in [0.25, 0.3) is 0 Å². The van der Waals surface area contributed by atoms with E-state index in [1.807, 2.05) is 19.1 Å². The molecule has 3 unspecified atom stereocenters. The first-order valence-corrected chi connectivity index (χ1v) is 7.40. The molecule has 0 saturated carbocycles. The average Bonchev–Trinajstić information content (AvgIpc) is 2.39. The van der Waals surface area contributed by atoms with Gasteiger partial charge in [0.15, 0.2) is 5.78 Å². The topological polar surface area (TPSA) is 35.5 Å². The van der Waals surface area contributed by atoms with Gasteiger partial charge in [0.1, 0.15) is 11.4 Å². The predicted molar refractivity (Wildman–Crippen MR) is 71.5 cm³/mol. The molecule has 1 spiro atoms. The van der Waals surface area contributed by atoms with Crippen molar-refractivity contribution in [2.45, 2.75) is 36.6 Å². The lowest BCUT2D eigenvalue weighted by Crippen LogP contribution is -2.52. The molecule has 0 radical (unpaired) electrons. The number of carbonyl (C=O) groups excluding carboxylic acids is 1. The second-order valence-electron chi connectivity index (χ2n) is 5.33. The van der Waals surface area contributed by atoms with Crippen molar-refractivity contribution in [1.82, 2.24) is 0 Å². The summed E-state index contributed by atoms with van der Waals surface area (Å²) < 4.78 is 11.7. The van der Waals surface area contributed by atoms with Crippen LogP contribution in [-0.4, -0.2) is 29.4 Å². The number of carbonyl (C=O) groups is 1. The van der Waals surface area contributed by atoms with Crippen LogP contribution in [0.1, 0.15) is 26.2 Å². The molecule has 0 aromatic heterocycles. The highest BCUT2D eigenvalue weighted by Gasteiger charge is 2.49. The van der Waals surface area contributed by atoms with Crippen molar-refractivity contribution < 1.29 is 14.3 Å². The highest BCUT2D eigenvalue weighted by atomic mass is 79.9. The Morgan fingerprint density at radius 1 is 1.50 bits per heavy atom. The molecule has 0 aromatic rings. The summed E-state index contributed by atoms with van der Waals surface area (Å²) in [4.78, 5) is 12.8. The molecule has 2 aliphatic heterocycles. The normalized spacial score (nSPS) is 39.8. The summed E-state index contributed by atoms with van der Waals surface area (Å²) in [6.07, 6.45) is 6.57. The SMILES string of the molecule is CC1C(=O)C2=C(C=CC(Br)C2)OC12CCCOC2. The minimum absolute atomic E-state index is 0.109. The fraction of sp³-hybridized carbons (Fsp3) is 0.643. The number of ether oxygens (including phenoxy) is 2. The maximum atomic E-state index is 12.5. The minimum Gasteiger partial charge on any atom is -0.484 e. The first-order valence-electron chi connectivity index (χ1n) is 6.49. The summed E-state index contributed by atoms with van der Waals surface area (Å²) in [7, 11) is 0. The van der Waals surface area contributed by atoms with Gasteiger partial charge in [0.05, 0.1) is 12.5 Å². The van der Waals surface area contributed by atoms with Crippen molar-refractivity contribution in [3.63, 3.8) is 0 Å². The van der Waals surface area contributed by atoms with Crippen LogP contribution in [0.15, 0.2) is 23.5 Å². The molecule has 0 amide bonds. The third-order valence-corrected chi connectivity index (χ3v) is 4.81. The molecule has 0 N–H and O–H groups in total. The van der Waals surface area contributed by atoms with E-state index in [9.17, 15) is 4.79 Å². The molecule has 3 atom stereocenters. The molecular formula is C14H17BrO3. The second-order valence-corrected chi connectivity index (χ2v) is 6.51. The van der Waals surface area contributed by atoms with E-state index in [1.54, 1.807) is 0 Å². The van der Waals surface area contributed by atoms with Crippen molar-refractivity contribution in [3.8, 4) is 0 Å². The van der Waals surface area contributed by atoms with Crippen LogP contribution < -0.4 is 0 Å². The highest BCUT2D eigenvalue weighted by Crippen LogP contribution is 2.42. The Bertz CT molecular complexity index is 432. The van der Waals surface area contributed by atoms with Crippen molar-refractivity contribution in [1.29, 1.82) is 0 Å². The fourth-order valence-electron chi connectivity index (χ4n) is 2.99. The monoisotopic (exact) mass is 312 g/mol. The summed E-state index contributed by atoms with van der Waals surface area (Å²) in [5.74, 6) is 0.887. The number of hydrogen-bond donors (Lipinski definition) is 0. The zero-order chi connectivity index (χ0) is 12.8. The molecule has 4 heteroatoms. The fourth-order valence-corrected chi connectivity index (χ4v) is 3.47. The molecule has 1 saturated heterocycles. The van der Waals surface area contributed by atoms with Gasteiger partial charge in [0.2, 0.25) is 0 Å². The Labute approximate surface area is 115 Å². The van der Waals surface area contributed by atoms with E-state index in [0.29, 0.717) is 6.61 Å². The van der Waals surface area contributed by atoms with Gasteiger partial charge in [-0.3, -0.25) is 4.79 Å². The van der Waals surface area contributed by atoms with Crippen LogP contribution in [0.5, 0.6) is 0 Å². The molecule has 3 nitrogen and oxygen atoms in total. The predicted octanol–water partition coefficient (Wildman–Crippen LogP) is 2.75. The van der Waals surface area contributed by atoms with Gasteiger partial charge in [-0.15, -0.1) is 0 Å². The quantitative estimate of drug-likeness (QED) is 0.645. The van der Waals surface area contributed by atoms with Crippen LogP contribution in [-0.2, 0) is 14.3 Å². The Hall–Kier alpha value is -0.610. The number of Topliss-reactive ketones (excluding diaryl/α,β-unsaturated/α-hetero) is 1. The first-order chi connectivity index (χ1) is 8.62. The van der Waals surface area contributed by atoms with Crippen LogP contribution >= 0.6 is 15.9 Å². The third-order valence-electron chi connectivity index (χ3n) is 4.18. The number of allylic oxidation sites excluding steroid dienone is 3. The molecule has 3 rings (SSSR count). The zero-order valence-corrected chi connectivity index (χ0v) is 12.0. The maximum Gasteiger partial charge on any atom is 0.169 e. The van der Waals surface area contributed by atoms with E-state index >= 15 is 0 Å². The van der Waals surface area contributed by atoms with E-state index in [4.69, 9.17) is 9.47 Å². The summed E-state index contributed by atoms with van der Waals surface area (Å²) in [5, 5.41) is 0. The summed E-state index contributed by atoms with van der Waals surface area (Å²) in [5.41, 5.74) is 0.403. The standard InChI is InChI=1S/C14H17BrO3/c1-9-13(16)11-7-10(15)3-4-12(11)18-14(9)5-2-6-17-8-14/h3-4,9-10H,2,5-8H2,1H3. The molecular weight excluding hydrogens is 296 g/mol. The number of halogens is 1. The van der Waals surface area contributed by atoms with Crippen molar-refractivity contribution in [3.05, 3.63) is 23.5 Å². The zero-order valence-electron chi connectivity index (χ0n) is 10.4. The largest absolute Gasteiger partial charge is 0.484 e. The van der Waals surface area contributed by atoms with Crippen LogP contribution in [0.2, 0.25) is 0 Å². The highest BCUT2D eigenvalue weighted by molar-refractivity contribution is 9.09. The van der Waals surface area contributed by atoms with E-state index in [0.717, 1.165) is 37.2 Å². The molecule has 18 heavy (non-hydrogen) atoms. The number of ketones is 1. The van der Waals surface area contributed by atoms with Gasteiger partial charge in [-0.1, -0.05) is 28.9 Å². The van der Waals surface area contributed by atoms with Crippen molar-refractivity contribution in [2.75, 3.05) is 13.2 Å². The molecule has 0 aromatic carbocycles. The van der Waals surface area contributed by atoms with Gasteiger partial charge in [0.25, 0.3) is 0 Å². The number of hydrogen-bond acceptors (Lipinski definition) is 3. The Morgan fingerprint density at radius 2 is 2.33 bits per heavy atom. The molecule has 1 aliphatic carbocycles. The van der Waals surface area contributed by atoms with Gasteiger partial charge >= 0.3 is 0 Å². The Morgan fingerprint density at radius 3 is 3.06 bits per heavy atom. The van der Waals surface area contributed by atoms with Gasteiger partial charge in [-0.05, 0) is 25.3 Å². The van der Waals surface area contributed by atoms with E-state index < -0.39 is 5.60 Å².